The molecule has 1 rings (SSSR count). The number of piperidine rings is 1. The summed E-state index contributed by atoms with van der Waals surface area (Å²) in [5.41, 5.74) is 0. The van der Waals surface area contributed by atoms with E-state index in [4.69, 9.17) is 0 Å². The van der Waals surface area contributed by atoms with Crippen molar-refractivity contribution in [2.45, 2.75) is 30.5 Å². The van der Waals surface area contributed by atoms with Crippen molar-refractivity contribution in [3.63, 3.8) is 0 Å². The number of aliphatic hydroxyl groups excluding tert-OH is 2. The molecule has 1 amide bonds. The van der Waals surface area contributed by atoms with E-state index in [2.05, 4.69) is 10.6 Å². The second-order valence-corrected chi connectivity index (χ2v) is 3.44. The minimum absolute atomic E-state index is 0.688. The van der Waals surface area contributed by atoms with Crippen LogP contribution in [0, 0.1) is 0 Å². The monoisotopic (exact) mass is 224 g/mol. The van der Waals surface area contributed by atoms with Gasteiger partial charge in [-0.25, -0.2) is 8.78 Å². The molecule has 1 fully saturated rings. The molecule has 7 heteroatoms. The van der Waals surface area contributed by atoms with Crippen LogP contribution in [0.25, 0.3) is 0 Å². The van der Waals surface area contributed by atoms with Crippen molar-refractivity contribution >= 4 is 5.91 Å². The molecule has 1 aliphatic heterocycles. The highest BCUT2D eigenvalue weighted by Crippen LogP contribution is 2.18. The van der Waals surface area contributed by atoms with E-state index in [-0.39, 0.29) is 0 Å². The number of hydrogen-bond acceptors (Lipinski definition) is 4. The Hall–Kier alpha value is -0.790. The van der Waals surface area contributed by atoms with Crippen LogP contribution in [0.5, 0.6) is 0 Å². The number of carbonyl (C=O) groups excluding carboxylic acids is 1. The number of nitrogens with one attached hydrogen (secondary N) is 2. The molecule has 1 heterocycles. The van der Waals surface area contributed by atoms with E-state index in [1.54, 1.807) is 0 Å². The van der Waals surface area contributed by atoms with Crippen LogP contribution in [0.15, 0.2) is 0 Å². The van der Waals surface area contributed by atoms with Crippen molar-refractivity contribution in [3.8, 4) is 0 Å². The molecule has 15 heavy (non-hydrogen) atoms. The Kier molecular flexibility index (Phi) is 3.95. The summed E-state index contributed by atoms with van der Waals surface area (Å²) in [6, 6.07) is -2.47. The van der Waals surface area contributed by atoms with Crippen molar-refractivity contribution in [2.75, 3.05) is 13.7 Å². The summed E-state index contributed by atoms with van der Waals surface area (Å²) in [5.74, 6) is -0.688. The second-order valence-electron chi connectivity index (χ2n) is 3.44. The Morgan fingerprint density at radius 1 is 1.47 bits per heavy atom. The van der Waals surface area contributed by atoms with Crippen LogP contribution in [0.4, 0.5) is 8.78 Å². The summed E-state index contributed by atoms with van der Waals surface area (Å²) >= 11 is 0. The molecule has 0 aromatic rings. The van der Waals surface area contributed by atoms with Gasteiger partial charge >= 0.3 is 0 Å². The second kappa shape index (κ2) is 4.82. The number of aliphatic hydroxyl groups is 2. The zero-order chi connectivity index (χ0) is 11.6. The molecule has 0 aliphatic carbocycles. The smallest absolute Gasteiger partial charge is 0.240 e. The maximum atomic E-state index is 13.4. The maximum Gasteiger partial charge on any atom is 0.240 e. The molecular weight excluding hydrogens is 210 g/mol. The molecule has 0 aromatic carbocycles. The van der Waals surface area contributed by atoms with E-state index in [9.17, 15) is 23.8 Å². The molecule has 1 aliphatic rings. The van der Waals surface area contributed by atoms with Crippen molar-refractivity contribution in [1.82, 2.24) is 10.6 Å². The number of alkyl halides is 2. The minimum atomic E-state index is -1.96. The summed E-state index contributed by atoms with van der Waals surface area (Å²) in [6.45, 7) is -0.988. The SMILES string of the molecule is CNC(=O)[C@H]1N[C@H](CF)[C@@H](O)[C@H](O)C1F. The summed E-state index contributed by atoms with van der Waals surface area (Å²) in [7, 11) is 1.30. The molecule has 0 spiro atoms. The maximum absolute atomic E-state index is 13.4. The number of hydrogen-bond donors (Lipinski definition) is 4. The largest absolute Gasteiger partial charge is 0.389 e. The average Bonchev–Trinajstić information content (AvgIpc) is 2.25. The zero-order valence-electron chi connectivity index (χ0n) is 8.15. The average molecular weight is 224 g/mol. The minimum Gasteiger partial charge on any atom is -0.389 e. The lowest BCUT2D eigenvalue weighted by molar-refractivity contribution is -0.135. The first kappa shape index (κ1) is 12.3. The topological polar surface area (TPSA) is 81.6 Å². The van der Waals surface area contributed by atoms with Gasteiger partial charge in [-0.1, -0.05) is 0 Å². The van der Waals surface area contributed by atoms with Gasteiger partial charge < -0.3 is 15.5 Å². The highest BCUT2D eigenvalue weighted by molar-refractivity contribution is 5.82. The molecule has 0 bridgehead atoms. The number of carbonyl (C=O) groups is 1. The molecule has 1 saturated heterocycles. The van der Waals surface area contributed by atoms with E-state index in [0.717, 1.165) is 0 Å². The third-order valence-electron chi connectivity index (χ3n) is 2.50. The van der Waals surface area contributed by atoms with Gasteiger partial charge in [0, 0.05) is 7.05 Å². The summed E-state index contributed by atoms with van der Waals surface area (Å²) in [4.78, 5) is 11.2. The van der Waals surface area contributed by atoms with Gasteiger partial charge in [0.2, 0.25) is 5.91 Å². The number of likely N-dealkylation sites (N-methyl/N-ethyl adjacent to an activating group) is 1. The third-order valence-corrected chi connectivity index (χ3v) is 2.50. The van der Waals surface area contributed by atoms with Crippen LogP contribution < -0.4 is 10.6 Å². The quantitative estimate of drug-likeness (QED) is 0.442. The first-order valence-corrected chi connectivity index (χ1v) is 4.56. The molecule has 0 saturated carbocycles. The van der Waals surface area contributed by atoms with Crippen molar-refractivity contribution in [1.29, 1.82) is 0 Å². The van der Waals surface area contributed by atoms with Gasteiger partial charge in [0.05, 0.1) is 6.04 Å². The summed E-state index contributed by atoms with van der Waals surface area (Å²) < 4.78 is 25.8. The lowest BCUT2D eigenvalue weighted by Gasteiger charge is -2.38. The van der Waals surface area contributed by atoms with E-state index in [1.165, 1.54) is 7.05 Å². The Balaban J connectivity index is 2.78. The fourth-order valence-corrected chi connectivity index (χ4v) is 1.56. The molecule has 4 N–H and O–H groups in total. The van der Waals surface area contributed by atoms with E-state index < -0.39 is 43.0 Å². The predicted molar refractivity (Wildman–Crippen MR) is 47.7 cm³/mol. The molecule has 1 unspecified atom stereocenters. The van der Waals surface area contributed by atoms with Gasteiger partial charge in [-0.05, 0) is 0 Å². The summed E-state index contributed by atoms with van der Waals surface area (Å²) in [6.07, 6.45) is -5.26. The predicted octanol–water partition coefficient (Wildman–Crippen LogP) is -1.90. The highest BCUT2D eigenvalue weighted by atomic mass is 19.1. The normalized spacial score (nSPS) is 41.3. The highest BCUT2D eigenvalue weighted by Gasteiger charge is 2.46. The first-order valence-electron chi connectivity index (χ1n) is 4.56. The van der Waals surface area contributed by atoms with Crippen LogP contribution >= 0.6 is 0 Å². The lowest BCUT2D eigenvalue weighted by Crippen LogP contribution is -2.67. The third kappa shape index (κ3) is 2.24. The Bertz CT molecular complexity index is 240. The number of amides is 1. The van der Waals surface area contributed by atoms with Crippen molar-refractivity contribution < 1.29 is 23.8 Å². The van der Waals surface area contributed by atoms with E-state index in [0.29, 0.717) is 0 Å². The van der Waals surface area contributed by atoms with Gasteiger partial charge in [0.1, 0.15) is 24.9 Å². The number of rotatable bonds is 2. The van der Waals surface area contributed by atoms with Crippen LogP contribution in [0.3, 0.4) is 0 Å². The molecular formula is C8H14F2N2O3. The number of halogens is 2. The molecule has 5 atom stereocenters. The van der Waals surface area contributed by atoms with Gasteiger partial charge in [-0.2, -0.15) is 0 Å². The van der Waals surface area contributed by atoms with E-state index in [1.807, 2.05) is 0 Å². The van der Waals surface area contributed by atoms with Crippen LogP contribution in [0.2, 0.25) is 0 Å². The lowest BCUT2D eigenvalue weighted by atomic mass is 9.91. The van der Waals surface area contributed by atoms with Crippen molar-refractivity contribution in [3.05, 3.63) is 0 Å². The molecule has 88 valence electrons. The molecule has 5 nitrogen and oxygen atoms in total. The van der Waals surface area contributed by atoms with Crippen molar-refractivity contribution in [2.24, 2.45) is 0 Å². The Labute approximate surface area is 85.5 Å². The van der Waals surface area contributed by atoms with Gasteiger partial charge in [0.15, 0.2) is 6.17 Å². The van der Waals surface area contributed by atoms with Crippen LogP contribution in [-0.2, 0) is 4.79 Å². The van der Waals surface area contributed by atoms with Gasteiger partial charge in [-0.3, -0.25) is 10.1 Å². The van der Waals surface area contributed by atoms with E-state index >= 15 is 0 Å². The first-order chi connectivity index (χ1) is 7.02. The standard InChI is InChI=1S/C8H14F2N2O3/c1-11-8(15)5-4(10)7(14)6(13)3(2-9)12-5/h3-7,12-14H,2H2,1H3,(H,11,15)/t3-,4?,5+,6-,7-/m1/s1. The fraction of sp³-hybridized carbons (Fsp3) is 0.875. The van der Waals surface area contributed by atoms with Crippen LogP contribution in [0.1, 0.15) is 0 Å². The van der Waals surface area contributed by atoms with Gasteiger partial charge in [-0.15, -0.1) is 0 Å². The summed E-state index contributed by atoms with van der Waals surface area (Å²) in [5, 5.41) is 23.0. The Morgan fingerprint density at radius 2 is 2.07 bits per heavy atom. The Morgan fingerprint density at radius 3 is 2.53 bits per heavy atom. The fourth-order valence-electron chi connectivity index (χ4n) is 1.56. The van der Waals surface area contributed by atoms with Crippen LogP contribution in [-0.4, -0.2) is 60.3 Å². The van der Waals surface area contributed by atoms with Gasteiger partial charge in [0.25, 0.3) is 0 Å². The molecule has 0 radical (unpaired) electrons. The molecule has 0 aromatic heterocycles. The zero-order valence-corrected chi connectivity index (χ0v) is 8.15.